The highest BCUT2D eigenvalue weighted by atomic mass is 19.4. The zero-order chi connectivity index (χ0) is 15.8. The highest BCUT2D eigenvalue weighted by molar-refractivity contribution is 4.97. The van der Waals surface area contributed by atoms with Gasteiger partial charge < -0.3 is 0 Å². The van der Waals surface area contributed by atoms with Gasteiger partial charge in [0.1, 0.15) is 0 Å². The number of nitrogens with zero attached hydrogens (tertiary/aromatic N) is 1. The smallest absolute Gasteiger partial charge is 0.297 e. The number of halogens is 3. The summed E-state index contributed by atoms with van der Waals surface area (Å²) < 4.78 is 36.9. The minimum Gasteiger partial charge on any atom is -0.297 e. The number of nitrogens with two attached hydrogens (primary N) is 1. The minimum atomic E-state index is -4.09. The van der Waals surface area contributed by atoms with Crippen molar-refractivity contribution in [2.75, 3.05) is 13.1 Å². The van der Waals surface area contributed by atoms with Crippen molar-refractivity contribution >= 4 is 0 Å². The molecule has 0 aromatic carbocycles. The van der Waals surface area contributed by atoms with E-state index in [0.29, 0.717) is 6.42 Å². The molecule has 0 fully saturated rings. The first-order valence-corrected chi connectivity index (χ1v) is 7.59. The standard InChI is InChI=1S/C14H30F3N3/c1-5-13(6-2,20(7-3)8-4)12(19-18)10-9-11-14(15,16)17/h12,19H,5-11,18H2,1-4H3. The van der Waals surface area contributed by atoms with Crippen LogP contribution in [-0.2, 0) is 0 Å². The van der Waals surface area contributed by atoms with Crippen molar-refractivity contribution in [3.63, 3.8) is 0 Å². The normalized spacial score (nSPS) is 14.8. The monoisotopic (exact) mass is 297 g/mol. The van der Waals surface area contributed by atoms with E-state index in [1.165, 1.54) is 0 Å². The third-order valence-electron chi connectivity index (χ3n) is 4.42. The number of rotatable bonds is 10. The largest absolute Gasteiger partial charge is 0.389 e. The molecular formula is C14H30F3N3. The van der Waals surface area contributed by atoms with E-state index in [1.54, 1.807) is 0 Å². The molecule has 122 valence electrons. The average molecular weight is 297 g/mol. The van der Waals surface area contributed by atoms with Gasteiger partial charge in [0.2, 0.25) is 0 Å². The summed E-state index contributed by atoms with van der Waals surface area (Å²) >= 11 is 0. The molecule has 6 heteroatoms. The zero-order valence-electron chi connectivity index (χ0n) is 13.2. The molecule has 0 amide bonds. The van der Waals surface area contributed by atoms with E-state index in [-0.39, 0.29) is 18.0 Å². The Hall–Kier alpha value is -0.330. The molecule has 0 aliphatic heterocycles. The van der Waals surface area contributed by atoms with Crippen molar-refractivity contribution in [1.29, 1.82) is 0 Å². The Labute approximate surface area is 121 Å². The molecule has 3 N–H and O–H groups in total. The fourth-order valence-electron chi connectivity index (χ4n) is 3.28. The van der Waals surface area contributed by atoms with E-state index in [2.05, 4.69) is 38.0 Å². The quantitative estimate of drug-likeness (QED) is 0.479. The van der Waals surface area contributed by atoms with Gasteiger partial charge in [0, 0.05) is 18.0 Å². The molecule has 0 bridgehead atoms. The van der Waals surface area contributed by atoms with Gasteiger partial charge in [-0.05, 0) is 38.8 Å². The maximum Gasteiger partial charge on any atom is 0.389 e. The number of hydrogen-bond acceptors (Lipinski definition) is 3. The van der Waals surface area contributed by atoms with Crippen LogP contribution in [0.5, 0.6) is 0 Å². The maximum absolute atomic E-state index is 12.3. The summed E-state index contributed by atoms with van der Waals surface area (Å²) in [7, 11) is 0. The lowest BCUT2D eigenvalue weighted by Gasteiger charge is -2.48. The Kier molecular flexibility index (Phi) is 8.70. The van der Waals surface area contributed by atoms with Crippen molar-refractivity contribution in [1.82, 2.24) is 10.3 Å². The SMILES string of the molecule is CCN(CC)C(CC)(CC)C(CCCC(F)(F)F)NN. The van der Waals surface area contributed by atoms with Crippen LogP contribution in [0, 0.1) is 0 Å². The average Bonchev–Trinajstić information content (AvgIpc) is 2.40. The highest BCUT2D eigenvalue weighted by Gasteiger charge is 2.39. The van der Waals surface area contributed by atoms with Crippen LogP contribution >= 0.6 is 0 Å². The van der Waals surface area contributed by atoms with E-state index in [1.807, 2.05) is 0 Å². The molecule has 0 spiro atoms. The van der Waals surface area contributed by atoms with Crippen LogP contribution in [-0.4, -0.2) is 35.7 Å². The fraction of sp³-hybridized carbons (Fsp3) is 1.00. The van der Waals surface area contributed by atoms with Crippen molar-refractivity contribution in [3.8, 4) is 0 Å². The summed E-state index contributed by atoms with van der Waals surface area (Å²) in [6.45, 7) is 10.1. The van der Waals surface area contributed by atoms with Crippen molar-refractivity contribution in [3.05, 3.63) is 0 Å². The molecular weight excluding hydrogens is 267 g/mol. The molecule has 3 nitrogen and oxygen atoms in total. The molecule has 0 aromatic heterocycles. The molecule has 0 aliphatic rings. The second-order valence-corrected chi connectivity index (χ2v) is 5.21. The maximum atomic E-state index is 12.3. The topological polar surface area (TPSA) is 41.3 Å². The lowest BCUT2D eigenvalue weighted by Crippen LogP contribution is -2.62. The molecule has 1 atom stereocenters. The second kappa shape index (κ2) is 8.85. The number of alkyl halides is 3. The lowest BCUT2D eigenvalue weighted by atomic mass is 9.80. The highest BCUT2D eigenvalue weighted by Crippen LogP contribution is 2.31. The first-order chi connectivity index (χ1) is 9.31. The number of hydrogen-bond donors (Lipinski definition) is 2. The van der Waals surface area contributed by atoms with Crippen LogP contribution in [0.15, 0.2) is 0 Å². The number of nitrogens with one attached hydrogen (secondary N) is 1. The first kappa shape index (κ1) is 19.7. The summed E-state index contributed by atoms with van der Waals surface area (Å²) in [5.41, 5.74) is 2.59. The van der Waals surface area contributed by atoms with Gasteiger partial charge in [-0.25, -0.2) is 0 Å². The van der Waals surface area contributed by atoms with E-state index in [9.17, 15) is 13.2 Å². The summed E-state index contributed by atoms with van der Waals surface area (Å²) in [6, 6.07) is -0.125. The third kappa shape index (κ3) is 5.22. The predicted molar refractivity (Wildman–Crippen MR) is 77.3 cm³/mol. The summed E-state index contributed by atoms with van der Waals surface area (Å²) in [5.74, 6) is 5.65. The van der Waals surface area contributed by atoms with Crippen LogP contribution < -0.4 is 11.3 Å². The molecule has 0 radical (unpaired) electrons. The van der Waals surface area contributed by atoms with Crippen LogP contribution in [0.25, 0.3) is 0 Å². The molecule has 0 aliphatic carbocycles. The van der Waals surface area contributed by atoms with Gasteiger partial charge in [-0.2, -0.15) is 13.2 Å². The van der Waals surface area contributed by atoms with Gasteiger partial charge in [-0.1, -0.05) is 27.7 Å². The molecule has 0 heterocycles. The van der Waals surface area contributed by atoms with E-state index >= 15 is 0 Å². The van der Waals surface area contributed by atoms with Gasteiger partial charge in [0.05, 0.1) is 0 Å². The molecule has 1 unspecified atom stereocenters. The third-order valence-corrected chi connectivity index (χ3v) is 4.42. The van der Waals surface area contributed by atoms with Gasteiger partial charge in [-0.15, -0.1) is 0 Å². The lowest BCUT2D eigenvalue weighted by molar-refractivity contribution is -0.136. The molecule has 0 saturated heterocycles. The Morgan fingerprint density at radius 3 is 1.85 bits per heavy atom. The molecule has 0 rings (SSSR count). The zero-order valence-corrected chi connectivity index (χ0v) is 13.2. The molecule has 20 heavy (non-hydrogen) atoms. The Morgan fingerprint density at radius 1 is 1.05 bits per heavy atom. The second-order valence-electron chi connectivity index (χ2n) is 5.21. The van der Waals surface area contributed by atoms with E-state index < -0.39 is 12.6 Å². The van der Waals surface area contributed by atoms with Crippen LogP contribution in [0.3, 0.4) is 0 Å². The van der Waals surface area contributed by atoms with Crippen molar-refractivity contribution < 1.29 is 13.2 Å². The van der Waals surface area contributed by atoms with E-state index in [4.69, 9.17) is 5.84 Å². The Morgan fingerprint density at radius 2 is 1.55 bits per heavy atom. The van der Waals surface area contributed by atoms with Crippen molar-refractivity contribution in [2.45, 2.75) is 77.6 Å². The molecule has 0 aromatic rings. The summed E-state index contributed by atoms with van der Waals surface area (Å²) in [4.78, 5) is 2.31. The van der Waals surface area contributed by atoms with Crippen LogP contribution in [0.1, 0.15) is 59.8 Å². The van der Waals surface area contributed by atoms with Gasteiger partial charge in [0.25, 0.3) is 0 Å². The summed E-state index contributed by atoms with van der Waals surface area (Å²) in [5, 5.41) is 0. The Balaban J connectivity index is 4.92. The number of likely N-dealkylation sites (N-methyl/N-ethyl adjacent to an activating group) is 1. The van der Waals surface area contributed by atoms with Crippen LogP contribution in [0.4, 0.5) is 13.2 Å². The Bertz CT molecular complexity index is 249. The number of hydrazine groups is 1. The molecule has 0 saturated carbocycles. The first-order valence-electron chi connectivity index (χ1n) is 7.59. The summed E-state index contributed by atoms with van der Waals surface area (Å²) in [6.07, 6.45) is -2.55. The minimum absolute atomic E-state index is 0.112. The van der Waals surface area contributed by atoms with Gasteiger partial charge in [0.15, 0.2) is 0 Å². The van der Waals surface area contributed by atoms with Crippen molar-refractivity contribution in [2.24, 2.45) is 5.84 Å². The van der Waals surface area contributed by atoms with Gasteiger partial charge >= 0.3 is 6.18 Å². The predicted octanol–water partition coefficient (Wildman–Crippen LogP) is 3.45. The fourth-order valence-corrected chi connectivity index (χ4v) is 3.28. The van der Waals surface area contributed by atoms with Crippen LogP contribution in [0.2, 0.25) is 0 Å². The van der Waals surface area contributed by atoms with E-state index in [0.717, 1.165) is 25.9 Å². The van der Waals surface area contributed by atoms with Gasteiger partial charge in [-0.3, -0.25) is 16.2 Å².